The third-order valence-corrected chi connectivity index (χ3v) is 4.13. The number of pyridine rings is 1. The molecule has 0 fully saturated rings. The van der Waals surface area contributed by atoms with Crippen molar-refractivity contribution in [3.05, 3.63) is 34.5 Å². The number of rotatable bonds is 4. The SMILES string of the molecule is CC(Nc1c(C(=O)O)cnc2c1cnn2C)c1nccs1. The number of hydrogen-bond acceptors (Lipinski definition) is 6. The van der Waals surface area contributed by atoms with E-state index >= 15 is 0 Å². The van der Waals surface area contributed by atoms with E-state index in [2.05, 4.69) is 20.4 Å². The summed E-state index contributed by atoms with van der Waals surface area (Å²) in [5.41, 5.74) is 1.27. The fourth-order valence-electron chi connectivity index (χ4n) is 2.14. The van der Waals surface area contributed by atoms with Gasteiger partial charge >= 0.3 is 5.97 Å². The summed E-state index contributed by atoms with van der Waals surface area (Å²) in [4.78, 5) is 19.8. The number of aromatic nitrogens is 4. The molecule has 0 bridgehead atoms. The van der Waals surface area contributed by atoms with Crippen LogP contribution in [0.5, 0.6) is 0 Å². The summed E-state index contributed by atoms with van der Waals surface area (Å²) in [6.45, 7) is 1.94. The third kappa shape index (κ3) is 2.33. The van der Waals surface area contributed by atoms with Crippen LogP contribution in [0.25, 0.3) is 11.0 Å². The van der Waals surface area contributed by atoms with Gasteiger partial charge in [0, 0.05) is 24.8 Å². The summed E-state index contributed by atoms with van der Waals surface area (Å²) in [5.74, 6) is -1.03. The van der Waals surface area contributed by atoms with Gasteiger partial charge in [0.25, 0.3) is 0 Å². The molecule has 1 atom stereocenters. The number of carboxylic acids is 1. The van der Waals surface area contributed by atoms with Gasteiger partial charge in [0.05, 0.1) is 23.3 Å². The van der Waals surface area contributed by atoms with Crippen LogP contribution in [-0.2, 0) is 7.05 Å². The summed E-state index contributed by atoms with van der Waals surface area (Å²) in [7, 11) is 1.77. The van der Waals surface area contributed by atoms with E-state index in [4.69, 9.17) is 0 Å². The Morgan fingerprint density at radius 2 is 2.24 bits per heavy atom. The zero-order chi connectivity index (χ0) is 15.0. The highest BCUT2D eigenvalue weighted by molar-refractivity contribution is 7.09. The Morgan fingerprint density at radius 3 is 2.90 bits per heavy atom. The Morgan fingerprint density at radius 1 is 1.43 bits per heavy atom. The van der Waals surface area contributed by atoms with Crippen LogP contribution in [0.4, 0.5) is 5.69 Å². The molecule has 3 aromatic heterocycles. The molecule has 0 aliphatic rings. The molecule has 0 spiro atoms. The standard InChI is InChI=1S/C13H13N5O2S/c1-7(12-14-3-4-21-12)17-10-8-6-16-18(2)11(8)15-5-9(10)13(19)20/h3-7H,1-2H3,(H,15,17)(H,19,20). The first-order valence-corrected chi connectivity index (χ1v) is 7.16. The number of nitrogens with one attached hydrogen (secondary N) is 1. The molecule has 0 aliphatic carbocycles. The number of thiazole rings is 1. The maximum Gasteiger partial charge on any atom is 0.339 e. The summed E-state index contributed by atoms with van der Waals surface area (Å²) in [6, 6.07) is -0.103. The van der Waals surface area contributed by atoms with E-state index < -0.39 is 5.97 Å². The quantitative estimate of drug-likeness (QED) is 0.768. The summed E-state index contributed by atoms with van der Waals surface area (Å²) < 4.78 is 1.61. The lowest BCUT2D eigenvalue weighted by atomic mass is 10.1. The first-order chi connectivity index (χ1) is 10.1. The van der Waals surface area contributed by atoms with E-state index in [-0.39, 0.29) is 11.6 Å². The maximum atomic E-state index is 11.4. The van der Waals surface area contributed by atoms with E-state index in [9.17, 15) is 9.90 Å². The molecule has 3 rings (SSSR count). The normalized spacial score (nSPS) is 12.5. The lowest BCUT2D eigenvalue weighted by Crippen LogP contribution is -2.11. The second-order valence-electron chi connectivity index (χ2n) is 4.59. The molecule has 3 aromatic rings. The molecule has 21 heavy (non-hydrogen) atoms. The Balaban J connectivity index is 2.10. The van der Waals surface area contributed by atoms with Crippen molar-refractivity contribution in [1.29, 1.82) is 0 Å². The second kappa shape index (κ2) is 5.13. The van der Waals surface area contributed by atoms with E-state index in [1.165, 1.54) is 17.5 Å². The first-order valence-electron chi connectivity index (χ1n) is 6.28. The van der Waals surface area contributed by atoms with Crippen molar-refractivity contribution >= 4 is 34.0 Å². The summed E-state index contributed by atoms with van der Waals surface area (Å²) >= 11 is 1.52. The van der Waals surface area contributed by atoms with Crippen LogP contribution in [0, 0.1) is 0 Å². The average Bonchev–Trinajstić information content (AvgIpc) is 3.09. The zero-order valence-corrected chi connectivity index (χ0v) is 12.3. The van der Waals surface area contributed by atoms with Gasteiger partial charge in [-0.3, -0.25) is 4.68 Å². The number of hydrogen-bond donors (Lipinski definition) is 2. The van der Waals surface area contributed by atoms with Gasteiger partial charge in [-0.1, -0.05) is 0 Å². The van der Waals surface area contributed by atoms with Crippen molar-refractivity contribution in [2.75, 3.05) is 5.32 Å². The van der Waals surface area contributed by atoms with Crippen LogP contribution in [0.1, 0.15) is 28.3 Å². The number of nitrogens with zero attached hydrogens (tertiary/aromatic N) is 4. The van der Waals surface area contributed by atoms with Crippen LogP contribution in [0.2, 0.25) is 0 Å². The molecule has 108 valence electrons. The number of fused-ring (bicyclic) bond motifs is 1. The minimum atomic E-state index is -1.03. The first kappa shape index (κ1) is 13.5. The summed E-state index contributed by atoms with van der Waals surface area (Å²) in [5, 5.41) is 20.2. The zero-order valence-electron chi connectivity index (χ0n) is 11.4. The predicted molar refractivity (Wildman–Crippen MR) is 79.6 cm³/mol. The van der Waals surface area contributed by atoms with Crippen molar-refractivity contribution in [3.8, 4) is 0 Å². The van der Waals surface area contributed by atoms with E-state index in [0.29, 0.717) is 16.7 Å². The molecule has 8 heteroatoms. The van der Waals surface area contributed by atoms with Crippen LogP contribution >= 0.6 is 11.3 Å². The van der Waals surface area contributed by atoms with Gasteiger partial charge < -0.3 is 10.4 Å². The minimum absolute atomic E-state index is 0.103. The number of aromatic carboxylic acids is 1. The van der Waals surface area contributed by atoms with Gasteiger partial charge in [0.15, 0.2) is 5.65 Å². The Hall–Kier alpha value is -2.48. The number of anilines is 1. The highest BCUT2D eigenvalue weighted by atomic mass is 32.1. The van der Waals surface area contributed by atoms with Crippen molar-refractivity contribution in [2.24, 2.45) is 7.05 Å². The van der Waals surface area contributed by atoms with E-state index in [1.807, 2.05) is 12.3 Å². The predicted octanol–water partition coefficient (Wildman–Crippen LogP) is 2.30. The molecule has 0 amide bonds. The van der Waals surface area contributed by atoms with Gasteiger partial charge in [0.2, 0.25) is 0 Å². The highest BCUT2D eigenvalue weighted by Gasteiger charge is 2.19. The van der Waals surface area contributed by atoms with Crippen molar-refractivity contribution in [2.45, 2.75) is 13.0 Å². The minimum Gasteiger partial charge on any atom is -0.478 e. The van der Waals surface area contributed by atoms with Crippen LogP contribution in [0.3, 0.4) is 0 Å². The molecule has 7 nitrogen and oxygen atoms in total. The smallest absolute Gasteiger partial charge is 0.339 e. The second-order valence-corrected chi connectivity index (χ2v) is 5.52. The average molecular weight is 303 g/mol. The summed E-state index contributed by atoms with van der Waals surface area (Å²) in [6.07, 6.45) is 4.69. The van der Waals surface area contributed by atoms with Gasteiger partial charge in [-0.15, -0.1) is 11.3 Å². The Bertz CT molecular complexity index is 796. The lowest BCUT2D eigenvalue weighted by molar-refractivity contribution is 0.0697. The van der Waals surface area contributed by atoms with Crippen LogP contribution < -0.4 is 5.32 Å². The lowest BCUT2D eigenvalue weighted by Gasteiger charge is -2.15. The largest absolute Gasteiger partial charge is 0.478 e. The van der Waals surface area contributed by atoms with E-state index in [0.717, 1.165) is 5.01 Å². The van der Waals surface area contributed by atoms with Gasteiger partial charge in [0.1, 0.15) is 10.6 Å². The third-order valence-electron chi connectivity index (χ3n) is 3.18. The molecule has 1 unspecified atom stereocenters. The van der Waals surface area contributed by atoms with Crippen LogP contribution in [-0.4, -0.2) is 30.8 Å². The molecule has 3 heterocycles. The fourth-order valence-corrected chi connectivity index (χ4v) is 2.79. The molecular formula is C13H13N5O2S. The molecule has 0 saturated heterocycles. The molecule has 0 aromatic carbocycles. The van der Waals surface area contributed by atoms with Gasteiger partial charge in [-0.25, -0.2) is 14.8 Å². The highest BCUT2D eigenvalue weighted by Crippen LogP contribution is 2.29. The Kier molecular flexibility index (Phi) is 3.30. The molecule has 0 saturated carbocycles. The van der Waals surface area contributed by atoms with Crippen molar-refractivity contribution in [1.82, 2.24) is 19.7 Å². The topological polar surface area (TPSA) is 92.9 Å². The molecule has 0 aliphatic heterocycles. The van der Waals surface area contributed by atoms with Gasteiger partial charge in [-0.2, -0.15) is 5.10 Å². The van der Waals surface area contributed by atoms with Gasteiger partial charge in [-0.05, 0) is 6.92 Å². The fraction of sp³-hybridized carbons (Fsp3) is 0.231. The van der Waals surface area contributed by atoms with E-state index in [1.54, 1.807) is 24.1 Å². The van der Waals surface area contributed by atoms with Crippen LogP contribution in [0.15, 0.2) is 24.0 Å². The molecule has 0 radical (unpaired) electrons. The number of aryl methyl sites for hydroxylation is 1. The number of carboxylic acid groups (broad SMARTS) is 1. The van der Waals surface area contributed by atoms with Crippen molar-refractivity contribution in [3.63, 3.8) is 0 Å². The maximum absolute atomic E-state index is 11.4. The van der Waals surface area contributed by atoms with Crippen molar-refractivity contribution < 1.29 is 9.90 Å². The monoisotopic (exact) mass is 303 g/mol. The number of carbonyl (C=O) groups is 1. The Labute approximate surface area is 124 Å². The molecular weight excluding hydrogens is 290 g/mol. The molecule has 2 N–H and O–H groups in total.